The zero-order valence-electron chi connectivity index (χ0n) is 9.65. The second-order valence-corrected chi connectivity index (χ2v) is 5.11. The van der Waals surface area contributed by atoms with Crippen molar-refractivity contribution in [2.24, 2.45) is 5.73 Å². The van der Waals surface area contributed by atoms with Gasteiger partial charge >= 0.3 is 0 Å². The highest BCUT2D eigenvalue weighted by Crippen LogP contribution is 2.23. The van der Waals surface area contributed by atoms with Crippen molar-refractivity contribution in [3.8, 4) is 0 Å². The van der Waals surface area contributed by atoms with E-state index < -0.39 is 0 Å². The summed E-state index contributed by atoms with van der Waals surface area (Å²) < 4.78 is 6.22. The molecule has 0 aliphatic carbocycles. The Morgan fingerprint density at radius 3 is 2.83 bits per heavy atom. The number of benzene rings is 1. The molecule has 2 rings (SSSR count). The van der Waals surface area contributed by atoms with Crippen molar-refractivity contribution in [3.63, 3.8) is 0 Å². The monoisotopic (exact) mass is 324 g/mol. The molecule has 3 nitrogen and oxygen atoms in total. The Bertz CT molecular complexity index is 540. The summed E-state index contributed by atoms with van der Waals surface area (Å²) in [5.74, 6) is 0.971. The summed E-state index contributed by atoms with van der Waals surface area (Å²) in [6.07, 6.45) is 2.53. The molecule has 5 heteroatoms. The van der Waals surface area contributed by atoms with E-state index in [1.54, 1.807) is 6.26 Å². The first-order chi connectivity index (χ1) is 8.66. The lowest BCUT2D eigenvalue weighted by atomic mass is 10.2. The molecular weight excluding hydrogens is 312 g/mol. The van der Waals surface area contributed by atoms with E-state index in [0.717, 1.165) is 34.4 Å². The molecule has 0 unspecified atom stereocenters. The van der Waals surface area contributed by atoms with Gasteiger partial charge < -0.3 is 15.5 Å². The molecule has 0 spiro atoms. The van der Waals surface area contributed by atoms with E-state index in [9.17, 15) is 0 Å². The summed E-state index contributed by atoms with van der Waals surface area (Å²) in [5.41, 5.74) is 7.45. The number of rotatable bonds is 5. The zero-order valence-corrected chi connectivity index (χ0v) is 12.1. The molecule has 3 N–H and O–H groups in total. The summed E-state index contributed by atoms with van der Waals surface area (Å²) in [4.78, 5) is 0.401. The third kappa shape index (κ3) is 3.34. The molecule has 2 aromatic rings. The van der Waals surface area contributed by atoms with Crippen LogP contribution < -0.4 is 11.1 Å². The second kappa shape index (κ2) is 6.02. The van der Waals surface area contributed by atoms with Crippen molar-refractivity contribution in [3.05, 3.63) is 52.4 Å². The lowest BCUT2D eigenvalue weighted by molar-refractivity contribution is 0.513. The van der Waals surface area contributed by atoms with Gasteiger partial charge in [-0.1, -0.05) is 12.2 Å². The van der Waals surface area contributed by atoms with Crippen LogP contribution in [0.5, 0.6) is 0 Å². The van der Waals surface area contributed by atoms with Crippen LogP contribution in [0.2, 0.25) is 0 Å². The molecule has 1 aromatic heterocycles. The highest BCUT2D eigenvalue weighted by Gasteiger charge is 2.03. The molecule has 94 valence electrons. The number of thiocarbonyl (C=S) groups is 1. The zero-order chi connectivity index (χ0) is 13.0. The normalized spacial score (nSPS) is 10.3. The van der Waals surface area contributed by atoms with E-state index in [-0.39, 0.29) is 0 Å². The molecule has 0 saturated heterocycles. The maximum absolute atomic E-state index is 5.57. The van der Waals surface area contributed by atoms with E-state index in [2.05, 4.69) is 21.2 Å². The van der Waals surface area contributed by atoms with Crippen molar-refractivity contribution in [2.75, 3.05) is 11.9 Å². The molecule has 0 aliphatic heterocycles. The van der Waals surface area contributed by atoms with Crippen LogP contribution in [0.15, 0.2) is 45.5 Å². The molecule has 0 bridgehead atoms. The fourth-order valence-corrected chi connectivity index (χ4v) is 2.23. The molecule has 0 saturated carbocycles. The number of anilines is 1. The van der Waals surface area contributed by atoms with Crippen LogP contribution in [0.4, 0.5) is 5.69 Å². The first kappa shape index (κ1) is 13.1. The van der Waals surface area contributed by atoms with Crippen molar-refractivity contribution in [1.82, 2.24) is 0 Å². The van der Waals surface area contributed by atoms with Gasteiger partial charge in [-0.15, -0.1) is 0 Å². The van der Waals surface area contributed by atoms with Crippen LogP contribution in [-0.4, -0.2) is 11.5 Å². The lowest BCUT2D eigenvalue weighted by Crippen LogP contribution is -2.10. The van der Waals surface area contributed by atoms with Crippen LogP contribution in [-0.2, 0) is 6.42 Å². The van der Waals surface area contributed by atoms with E-state index in [1.165, 1.54) is 0 Å². The van der Waals surface area contributed by atoms with Gasteiger partial charge in [-0.05, 0) is 46.3 Å². The quantitative estimate of drug-likeness (QED) is 0.828. The summed E-state index contributed by atoms with van der Waals surface area (Å²) in [6, 6.07) is 9.63. The van der Waals surface area contributed by atoms with Crippen molar-refractivity contribution in [2.45, 2.75) is 6.42 Å². The average Bonchev–Trinajstić information content (AvgIpc) is 2.84. The van der Waals surface area contributed by atoms with Crippen LogP contribution in [0.1, 0.15) is 11.3 Å². The summed E-state index contributed by atoms with van der Waals surface area (Å²) >= 11 is 8.42. The van der Waals surface area contributed by atoms with Gasteiger partial charge in [0.2, 0.25) is 0 Å². The Morgan fingerprint density at radius 2 is 2.22 bits per heavy atom. The van der Waals surface area contributed by atoms with E-state index in [1.807, 2.05) is 30.3 Å². The third-order valence-corrected chi connectivity index (χ3v) is 3.41. The summed E-state index contributed by atoms with van der Waals surface area (Å²) in [6.45, 7) is 0.804. The SMILES string of the molecule is NC(=S)c1ccc(NCCc2ccco2)c(Br)c1. The number of hydrogen-bond donors (Lipinski definition) is 2. The van der Waals surface area contributed by atoms with Crippen LogP contribution in [0.25, 0.3) is 0 Å². The largest absolute Gasteiger partial charge is 0.469 e. The molecule has 0 amide bonds. The highest BCUT2D eigenvalue weighted by atomic mass is 79.9. The fourth-order valence-electron chi connectivity index (χ4n) is 1.59. The predicted octanol–water partition coefficient (Wildman–Crippen LogP) is 3.33. The average molecular weight is 325 g/mol. The van der Waals surface area contributed by atoms with Gasteiger partial charge in [-0.3, -0.25) is 0 Å². The van der Waals surface area contributed by atoms with Gasteiger partial charge in [0.1, 0.15) is 10.7 Å². The molecule has 0 atom stereocenters. The minimum atomic E-state index is 0.401. The Kier molecular flexibility index (Phi) is 4.38. The Labute approximate surface area is 119 Å². The molecule has 1 aromatic carbocycles. The molecule has 0 radical (unpaired) electrons. The lowest BCUT2D eigenvalue weighted by Gasteiger charge is -2.09. The Morgan fingerprint density at radius 1 is 1.39 bits per heavy atom. The van der Waals surface area contributed by atoms with Crippen molar-refractivity contribution in [1.29, 1.82) is 0 Å². The molecule has 0 aliphatic rings. The van der Waals surface area contributed by atoms with Crippen molar-refractivity contribution >= 4 is 38.8 Å². The Hall–Kier alpha value is -1.33. The number of furan rings is 1. The van der Waals surface area contributed by atoms with Gasteiger partial charge in [0.05, 0.1) is 6.26 Å². The highest BCUT2D eigenvalue weighted by molar-refractivity contribution is 9.10. The minimum absolute atomic E-state index is 0.401. The van der Waals surface area contributed by atoms with Gasteiger partial charge in [0.25, 0.3) is 0 Å². The van der Waals surface area contributed by atoms with Gasteiger partial charge in [-0.2, -0.15) is 0 Å². The second-order valence-electron chi connectivity index (χ2n) is 3.82. The number of nitrogens with one attached hydrogen (secondary N) is 1. The summed E-state index contributed by atoms with van der Waals surface area (Å²) in [5, 5.41) is 3.33. The van der Waals surface area contributed by atoms with E-state index >= 15 is 0 Å². The third-order valence-electron chi connectivity index (χ3n) is 2.52. The van der Waals surface area contributed by atoms with Crippen LogP contribution in [0, 0.1) is 0 Å². The van der Waals surface area contributed by atoms with Crippen LogP contribution >= 0.6 is 28.1 Å². The fraction of sp³-hybridized carbons (Fsp3) is 0.154. The standard InChI is InChI=1S/C13H13BrN2OS/c14-11-8-9(13(15)18)3-4-12(11)16-6-5-10-2-1-7-17-10/h1-4,7-8,16H,5-6H2,(H2,15,18). The topological polar surface area (TPSA) is 51.2 Å². The van der Waals surface area contributed by atoms with Crippen molar-refractivity contribution < 1.29 is 4.42 Å². The van der Waals surface area contributed by atoms with Gasteiger partial charge in [-0.25, -0.2) is 0 Å². The predicted molar refractivity (Wildman–Crippen MR) is 80.9 cm³/mol. The maximum atomic E-state index is 5.57. The molecular formula is C13H13BrN2OS. The molecule has 18 heavy (non-hydrogen) atoms. The first-order valence-corrected chi connectivity index (χ1v) is 6.72. The number of nitrogens with two attached hydrogens (primary N) is 1. The Balaban J connectivity index is 1.95. The van der Waals surface area contributed by atoms with E-state index in [0.29, 0.717) is 4.99 Å². The van der Waals surface area contributed by atoms with Gasteiger partial charge in [0, 0.05) is 28.7 Å². The van der Waals surface area contributed by atoms with Crippen LogP contribution in [0.3, 0.4) is 0 Å². The molecule has 0 fully saturated rings. The first-order valence-electron chi connectivity index (χ1n) is 5.52. The smallest absolute Gasteiger partial charge is 0.105 e. The molecule has 1 heterocycles. The summed E-state index contributed by atoms with van der Waals surface area (Å²) in [7, 11) is 0. The minimum Gasteiger partial charge on any atom is -0.469 e. The van der Waals surface area contributed by atoms with E-state index in [4.69, 9.17) is 22.4 Å². The number of hydrogen-bond acceptors (Lipinski definition) is 3. The van der Waals surface area contributed by atoms with Gasteiger partial charge in [0.15, 0.2) is 0 Å². The number of halogens is 1. The maximum Gasteiger partial charge on any atom is 0.105 e.